The number of carbonyl (C=O) groups is 1. The Morgan fingerprint density at radius 1 is 1.19 bits per heavy atom. The van der Waals surface area contributed by atoms with E-state index >= 15 is 0 Å². The predicted molar refractivity (Wildman–Crippen MR) is 112 cm³/mol. The molecular weight excluding hydrogens is 336 g/mol. The van der Waals surface area contributed by atoms with Gasteiger partial charge in [0.2, 0.25) is 0 Å². The fraction of sp³-hybridized carbons (Fsp3) is 0.391. The number of carbonyl (C=O) groups excluding carboxylic acids is 1. The van der Waals surface area contributed by atoms with Gasteiger partial charge in [-0.15, -0.1) is 0 Å². The standard InChI is InChI=1S/C23H30N2O2/c1-7-25(6)15-24-22-13-20(16(2)3)21(12-18(22)5)23(26)27-14-19-10-8-17(4)9-11-19/h8-13,15-16H,7,14H2,1-6H3. The molecule has 0 heterocycles. The molecule has 2 rings (SSSR count). The van der Waals surface area contributed by atoms with Crippen molar-refractivity contribution in [1.29, 1.82) is 0 Å². The molecular formula is C23H30N2O2. The molecule has 144 valence electrons. The zero-order valence-electron chi connectivity index (χ0n) is 17.2. The highest BCUT2D eigenvalue weighted by molar-refractivity contribution is 5.92. The monoisotopic (exact) mass is 366 g/mol. The average Bonchev–Trinajstić information content (AvgIpc) is 2.65. The van der Waals surface area contributed by atoms with E-state index in [0.29, 0.717) is 5.56 Å². The van der Waals surface area contributed by atoms with Crippen LogP contribution in [0.15, 0.2) is 41.4 Å². The number of aliphatic imine (C=N–C) groups is 1. The molecule has 0 aliphatic heterocycles. The van der Waals surface area contributed by atoms with Crippen LogP contribution in [0.2, 0.25) is 0 Å². The lowest BCUT2D eigenvalue weighted by atomic mass is 9.94. The summed E-state index contributed by atoms with van der Waals surface area (Å²) in [6.45, 7) is 11.4. The summed E-state index contributed by atoms with van der Waals surface area (Å²) in [5, 5.41) is 0. The van der Waals surface area contributed by atoms with Gasteiger partial charge in [0.25, 0.3) is 0 Å². The number of hydrogen-bond donors (Lipinski definition) is 0. The Kier molecular flexibility index (Phi) is 7.17. The molecule has 2 aromatic rings. The van der Waals surface area contributed by atoms with E-state index in [4.69, 9.17) is 4.74 Å². The van der Waals surface area contributed by atoms with E-state index in [1.54, 1.807) is 0 Å². The Hall–Kier alpha value is -2.62. The van der Waals surface area contributed by atoms with E-state index in [9.17, 15) is 4.79 Å². The minimum absolute atomic E-state index is 0.199. The zero-order chi connectivity index (χ0) is 20.0. The predicted octanol–water partition coefficient (Wildman–Crippen LogP) is 5.40. The van der Waals surface area contributed by atoms with Crippen LogP contribution in [0.3, 0.4) is 0 Å². The van der Waals surface area contributed by atoms with Crippen LogP contribution in [0, 0.1) is 13.8 Å². The number of hydrogen-bond acceptors (Lipinski definition) is 3. The van der Waals surface area contributed by atoms with Crippen LogP contribution >= 0.6 is 0 Å². The summed E-state index contributed by atoms with van der Waals surface area (Å²) in [7, 11) is 1.99. The van der Waals surface area contributed by atoms with Gasteiger partial charge < -0.3 is 9.64 Å². The topological polar surface area (TPSA) is 41.9 Å². The maximum absolute atomic E-state index is 12.7. The van der Waals surface area contributed by atoms with Crippen molar-refractivity contribution in [3.05, 3.63) is 64.2 Å². The van der Waals surface area contributed by atoms with Crippen molar-refractivity contribution >= 4 is 18.0 Å². The van der Waals surface area contributed by atoms with Crippen molar-refractivity contribution < 1.29 is 9.53 Å². The van der Waals surface area contributed by atoms with Crippen molar-refractivity contribution in [1.82, 2.24) is 4.90 Å². The van der Waals surface area contributed by atoms with Gasteiger partial charge in [-0.25, -0.2) is 9.79 Å². The molecule has 0 bridgehead atoms. The molecule has 4 heteroatoms. The molecule has 4 nitrogen and oxygen atoms in total. The van der Waals surface area contributed by atoms with E-state index in [1.807, 2.05) is 68.5 Å². The minimum Gasteiger partial charge on any atom is -0.457 e. The number of esters is 1. The van der Waals surface area contributed by atoms with Gasteiger partial charge in [-0.3, -0.25) is 0 Å². The number of nitrogens with zero attached hydrogens (tertiary/aromatic N) is 2. The molecule has 0 saturated heterocycles. The van der Waals surface area contributed by atoms with Crippen molar-refractivity contribution in [2.24, 2.45) is 4.99 Å². The third kappa shape index (κ3) is 5.68. The summed E-state index contributed by atoms with van der Waals surface area (Å²) in [4.78, 5) is 19.3. The third-order valence-corrected chi connectivity index (χ3v) is 4.59. The molecule has 0 atom stereocenters. The van der Waals surface area contributed by atoms with Crippen LogP contribution in [0.1, 0.15) is 59.3 Å². The van der Waals surface area contributed by atoms with Crippen LogP contribution < -0.4 is 0 Å². The zero-order valence-corrected chi connectivity index (χ0v) is 17.2. The Labute approximate surface area is 162 Å². The number of aryl methyl sites for hydroxylation is 2. The van der Waals surface area contributed by atoms with Gasteiger partial charge in [-0.1, -0.05) is 43.7 Å². The quantitative estimate of drug-likeness (QED) is 0.374. The molecule has 0 unspecified atom stereocenters. The van der Waals surface area contributed by atoms with Crippen molar-refractivity contribution in [2.75, 3.05) is 13.6 Å². The number of ether oxygens (including phenoxy) is 1. The van der Waals surface area contributed by atoms with E-state index in [2.05, 4.69) is 25.8 Å². The van der Waals surface area contributed by atoms with Crippen molar-refractivity contribution in [2.45, 2.75) is 47.1 Å². The van der Waals surface area contributed by atoms with Gasteiger partial charge in [0.05, 0.1) is 17.6 Å². The molecule has 0 fully saturated rings. The van der Waals surface area contributed by atoms with Gasteiger partial charge >= 0.3 is 5.97 Å². The number of rotatable bonds is 7. The smallest absolute Gasteiger partial charge is 0.338 e. The fourth-order valence-electron chi connectivity index (χ4n) is 2.66. The Balaban J connectivity index is 2.23. The van der Waals surface area contributed by atoms with Gasteiger partial charge in [-0.05, 0) is 55.5 Å². The summed E-state index contributed by atoms with van der Waals surface area (Å²) in [6.07, 6.45) is 1.82. The average molecular weight is 367 g/mol. The second-order valence-corrected chi connectivity index (χ2v) is 7.26. The van der Waals surface area contributed by atoms with Gasteiger partial charge in [0, 0.05) is 13.6 Å². The van der Waals surface area contributed by atoms with Gasteiger partial charge in [0.1, 0.15) is 6.61 Å². The first kappa shape index (κ1) is 20.7. The summed E-state index contributed by atoms with van der Waals surface area (Å²) in [5.41, 5.74) is 5.60. The summed E-state index contributed by atoms with van der Waals surface area (Å²) >= 11 is 0. The van der Waals surface area contributed by atoms with Crippen molar-refractivity contribution in [3.8, 4) is 0 Å². The van der Waals surface area contributed by atoms with Gasteiger partial charge in [-0.2, -0.15) is 0 Å². The summed E-state index contributed by atoms with van der Waals surface area (Å²) in [6, 6.07) is 11.9. The Morgan fingerprint density at radius 3 is 2.44 bits per heavy atom. The third-order valence-electron chi connectivity index (χ3n) is 4.59. The lowest BCUT2D eigenvalue weighted by molar-refractivity contribution is 0.0471. The lowest BCUT2D eigenvalue weighted by Crippen LogP contribution is -2.14. The second kappa shape index (κ2) is 9.36. The maximum Gasteiger partial charge on any atom is 0.338 e. The summed E-state index contributed by atoms with van der Waals surface area (Å²) < 4.78 is 5.57. The highest BCUT2D eigenvalue weighted by Gasteiger charge is 2.18. The molecule has 27 heavy (non-hydrogen) atoms. The lowest BCUT2D eigenvalue weighted by Gasteiger charge is -2.16. The van der Waals surface area contributed by atoms with Crippen molar-refractivity contribution in [3.63, 3.8) is 0 Å². The first-order valence-corrected chi connectivity index (χ1v) is 9.43. The minimum atomic E-state index is -0.288. The van der Waals surface area contributed by atoms with Crippen LogP contribution in [0.25, 0.3) is 0 Å². The Bertz CT molecular complexity index is 808. The van der Waals surface area contributed by atoms with Crippen LogP contribution in [0.5, 0.6) is 0 Å². The first-order valence-electron chi connectivity index (χ1n) is 9.43. The SMILES string of the molecule is CCN(C)C=Nc1cc(C(C)C)c(C(=O)OCc2ccc(C)cc2)cc1C. The molecule has 2 aromatic carbocycles. The molecule has 0 aromatic heterocycles. The normalized spacial score (nSPS) is 11.2. The largest absolute Gasteiger partial charge is 0.457 e. The summed E-state index contributed by atoms with van der Waals surface area (Å²) in [5.74, 6) is -0.0889. The second-order valence-electron chi connectivity index (χ2n) is 7.26. The van der Waals surface area contributed by atoms with E-state index in [-0.39, 0.29) is 18.5 Å². The van der Waals surface area contributed by atoms with Gasteiger partial charge in [0.15, 0.2) is 0 Å². The molecule has 0 saturated carbocycles. The Morgan fingerprint density at radius 2 is 1.85 bits per heavy atom. The highest BCUT2D eigenvalue weighted by atomic mass is 16.5. The number of benzene rings is 2. The first-order chi connectivity index (χ1) is 12.8. The van der Waals surface area contributed by atoms with Crippen LogP contribution in [-0.4, -0.2) is 30.8 Å². The highest BCUT2D eigenvalue weighted by Crippen LogP contribution is 2.29. The molecule has 0 amide bonds. The maximum atomic E-state index is 12.7. The van der Waals surface area contributed by atoms with E-state index in [1.165, 1.54) is 5.56 Å². The van der Waals surface area contributed by atoms with E-state index in [0.717, 1.165) is 28.9 Å². The van der Waals surface area contributed by atoms with E-state index < -0.39 is 0 Å². The molecule has 0 spiro atoms. The molecule has 0 radical (unpaired) electrons. The fourth-order valence-corrected chi connectivity index (χ4v) is 2.66. The molecule has 0 aliphatic carbocycles. The van der Waals surface area contributed by atoms with Crippen LogP contribution in [0.4, 0.5) is 5.69 Å². The molecule has 0 aliphatic rings. The molecule has 0 N–H and O–H groups in total. The van der Waals surface area contributed by atoms with Crippen LogP contribution in [-0.2, 0) is 11.3 Å².